The van der Waals surface area contributed by atoms with E-state index in [0.717, 1.165) is 22.3 Å². The van der Waals surface area contributed by atoms with Gasteiger partial charge in [0, 0.05) is 17.3 Å². The number of fused-ring (bicyclic) bond motifs is 1. The van der Waals surface area contributed by atoms with Crippen molar-refractivity contribution in [3.8, 4) is 17.0 Å². The van der Waals surface area contributed by atoms with E-state index in [0.29, 0.717) is 18.1 Å². The Hall–Kier alpha value is -2.73. The first-order chi connectivity index (χ1) is 13.6. The van der Waals surface area contributed by atoms with E-state index >= 15 is 0 Å². The zero-order valence-electron chi connectivity index (χ0n) is 15.1. The first-order valence-electron chi connectivity index (χ1n) is 8.90. The number of halogens is 2. The van der Waals surface area contributed by atoms with E-state index in [9.17, 15) is 9.18 Å². The van der Waals surface area contributed by atoms with Crippen molar-refractivity contribution in [2.45, 2.75) is 17.9 Å². The Kier molecular flexibility index (Phi) is 5.13. The summed E-state index contributed by atoms with van der Waals surface area (Å²) in [5, 5.41) is 0. The molecule has 6 heteroatoms. The Labute approximate surface area is 170 Å². The Morgan fingerprint density at radius 2 is 1.96 bits per heavy atom. The second kappa shape index (κ2) is 7.72. The average Bonchev–Trinajstić information content (AvgIpc) is 3.05. The van der Waals surface area contributed by atoms with Crippen molar-refractivity contribution in [2.75, 3.05) is 6.61 Å². The monoisotopic (exact) mass is 441 g/mol. The van der Waals surface area contributed by atoms with Gasteiger partial charge in [-0.3, -0.25) is 0 Å². The van der Waals surface area contributed by atoms with E-state index < -0.39 is 0 Å². The second-order valence-electron chi connectivity index (χ2n) is 6.41. The van der Waals surface area contributed by atoms with Crippen LogP contribution in [0.2, 0.25) is 0 Å². The minimum atomic E-state index is -0.350. The molecule has 2 aromatic carbocycles. The van der Waals surface area contributed by atoms with Gasteiger partial charge in [0.25, 0.3) is 0 Å². The lowest BCUT2D eigenvalue weighted by atomic mass is 10.00. The summed E-state index contributed by atoms with van der Waals surface area (Å²) < 4.78 is 24.3. The fourth-order valence-electron chi connectivity index (χ4n) is 3.20. The molecule has 1 aliphatic heterocycles. The molecule has 4 nitrogen and oxygen atoms in total. The van der Waals surface area contributed by atoms with Gasteiger partial charge in [0.2, 0.25) is 5.88 Å². The van der Waals surface area contributed by atoms with E-state index in [-0.39, 0.29) is 22.7 Å². The summed E-state index contributed by atoms with van der Waals surface area (Å²) in [5.41, 5.74) is 4.01. The van der Waals surface area contributed by atoms with Crippen LogP contribution in [0.1, 0.15) is 39.3 Å². The molecule has 0 saturated heterocycles. The number of benzene rings is 2. The van der Waals surface area contributed by atoms with Gasteiger partial charge >= 0.3 is 5.97 Å². The summed E-state index contributed by atoms with van der Waals surface area (Å²) in [5.74, 6) is -0.0923. The van der Waals surface area contributed by atoms with Gasteiger partial charge in [0.1, 0.15) is 11.9 Å². The smallest absolute Gasteiger partial charge is 0.338 e. The number of rotatable bonds is 4. The lowest BCUT2D eigenvalue weighted by Gasteiger charge is -2.14. The van der Waals surface area contributed by atoms with E-state index in [4.69, 9.17) is 9.47 Å². The van der Waals surface area contributed by atoms with Gasteiger partial charge < -0.3 is 9.47 Å². The Morgan fingerprint density at radius 3 is 2.71 bits per heavy atom. The van der Waals surface area contributed by atoms with Gasteiger partial charge in [-0.05, 0) is 48.4 Å². The van der Waals surface area contributed by atoms with Crippen LogP contribution in [0.15, 0.2) is 60.8 Å². The number of hydrogen-bond donors (Lipinski definition) is 0. The molecule has 0 fully saturated rings. The highest BCUT2D eigenvalue weighted by molar-refractivity contribution is 9.09. The number of aromatic nitrogens is 1. The molecule has 1 aromatic heterocycles. The van der Waals surface area contributed by atoms with Crippen molar-refractivity contribution in [1.82, 2.24) is 4.98 Å². The van der Waals surface area contributed by atoms with Crippen LogP contribution in [-0.2, 0) is 4.74 Å². The molecule has 0 aliphatic carbocycles. The molecule has 28 heavy (non-hydrogen) atoms. The van der Waals surface area contributed by atoms with E-state index in [1.807, 2.05) is 18.2 Å². The van der Waals surface area contributed by atoms with Gasteiger partial charge in [0.05, 0.1) is 17.0 Å². The highest BCUT2D eigenvalue weighted by atomic mass is 79.9. The SMILES string of the molecule is CCOC(=O)c1cccc(-c2cnc3c(c2)C(Br)C(c2ccc(F)cc2)O3)c1. The quantitative estimate of drug-likeness (QED) is 0.388. The number of alkyl halides is 1. The van der Waals surface area contributed by atoms with E-state index in [1.165, 1.54) is 12.1 Å². The summed E-state index contributed by atoms with van der Waals surface area (Å²) in [6, 6.07) is 15.5. The number of nitrogens with zero attached hydrogens (tertiary/aromatic N) is 1. The molecule has 2 unspecified atom stereocenters. The van der Waals surface area contributed by atoms with Gasteiger partial charge in [-0.25, -0.2) is 14.2 Å². The van der Waals surface area contributed by atoms with Crippen LogP contribution in [0.4, 0.5) is 4.39 Å². The maximum Gasteiger partial charge on any atom is 0.338 e. The molecule has 3 aromatic rings. The standard InChI is InChI=1S/C22H17BrFNO3/c1-2-27-22(26)15-5-3-4-14(10-15)16-11-18-19(23)20(28-21(18)25-12-16)13-6-8-17(24)9-7-13/h3-12,19-20H,2H2,1H3. The predicted octanol–water partition coefficient (Wildman–Crippen LogP) is 5.63. The fraction of sp³-hybridized carbons (Fsp3) is 0.182. The van der Waals surface area contributed by atoms with Gasteiger partial charge in [0.15, 0.2) is 0 Å². The molecule has 2 atom stereocenters. The summed E-state index contributed by atoms with van der Waals surface area (Å²) in [6.45, 7) is 2.11. The number of carbonyl (C=O) groups excluding carboxylic acids is 1. The van der Waals surface area contributed by atoms with Crippen molar-refractivity contribution in [1.29, 1.82) is 0 Å². The third-order valence-electron chi connectivity index (χ3n) is 4.59. The van der Waals surface area contributed by atoms with E-state index in [2.05, 4.69) is 20.9 Å². The van der Waals surface area contributed by atoms with Crippen molar-refractivity contribution in [3.63, 3.8) is 0 Å². The number of carbonyl (C=O) groups is 1. The molecular weight excluding hydrogens is 425 g/mol. The number of ether oxygens (including phenoxy) is 2. The molecule has 0 spiro atoms. The maximum absolute atomic E-state index is 13.2. The van der Waals surface area contributed by atoms with Gasteiger partial charge in [-0.2, -0.15) is 0 Å². The minimum absolute atomic E-state index is 0.117. The van der Waals surface area contributed by atoms with Gasteiger partial charge in [-0.15, -0.1) is 0 Å². The highest BCUT2D eigenvalue weighted by Gasteiger charge is 2.35. The Morgan fingerprint density at radius 1 is 1.18 bits per heavy atom. The molecule has 0 saturated carbocycles. The minimum Gasteiger partial charge on any atom is -0.468 e. The second-order valence-corrected chi connectivity index (χ2v) is 7.40. The zero-order valence-corrected chi connectivity index (χ0v) is 16.6. The van der Waals surface area contributed by atoms with Crippen molar-refractivity contribution in [2.24, 2.45) is 0 Å². The van der Waals surface area contributed by atoms with Crippen LogP contribution in [0, 0.1) is 5.82 Å². The first-order valence-corrected chi connectivity index (χ1v) is 9.82. The van der Waals surface area contributed by atoms with Gasteiger partial charge in [-0.1, -0.05) is 40.2 Å². The lowest BCUT2D eigenvalue weighted by molar-refractivity contribution is 0.0526. The molecule has 142 valence electrons. The largest absolute Gasteiger partial charge is 0.468 e. The third kappa shape index (κ3) is 3.52. The topological polar surface area (TPSA) is 48.4 Å². The van der Waals surface area contributed by atoms with Crippen LogP contribution >= 0.6 is 15.9 Å². The molecule has 4 rings (SSSR count). The van der Waals surface area contributed by atoms with Crippen molar-refractivity contribution < 1.29 is 18.7 Å². The van der Waals surface area contributed by atoms with Crippen LogP contribution in [0.3, 0.4) is 0 Å². The summed E-state index contributed by atoms with van der Waals surface area (Å²) in [6.07, 6.45) is 1.43. The Balaban J connectivity index is 1.64. The molecule has 0 bridgehead atoms. The van der Waals surface area contributed by atoms with Crippen LogP contribution in [-0.4, -0.2) is 17.6 Å². The van der Waals surface area contributed by atoms with Crippen LogP contribution in [0.5, 0.6) is 5.88 Å². The molecule has 0 N–H and O–H groups in total. The van der Waals surface area contributed by atoms with Crippen LogP contribution < -0.4 is 4.74 Å². The molecule has 0 radical (unpaired) electrons. The van der Waals surface area contributed by atoms with Crippen molar-refractivity contribution >= 4 is 21.9 Å². The summed E-state index contributed by atoms with van der Waals surface area (Å²) >= 11 is 3.69. The lowest BCUT2D eigenvalue weighted by Crippen LogP contribution is -2.05. The first kappa shape index (κ1) is 18.6. The predicted molar refractivity (Wildman–Crippen MR) is 107 cm³/mol. The zero-order chi connectivity index (χ0) is 19.7. The normalized spacial score (nSPS) is 17.7. The molecule has 1 aliphatic rings. The van der Waals surface area contributed by atoms with E-state index in [1.54, 1.807) is 37.4 Å². The third-order valence-corrected chi connectivity index (χ3v) is 5.56. The summed E-state index contributed by atoms with van der Waals surface area (Å²) in [7, 11) is 0. The number of esters is 1. The average molecular weight is 442 g/mol. The number of hydrogen-bond acceptors (Lipinski definition) is 4. The Bertz CT molecular complexity index is 1020. The van der Waals surface area contributed by atoms with Crippen LogP contribution in [0.25, 0.3) is 11.1 Å². The maximum atomic E-state index is 13.2. The fourth-order valence-corrected chi connectivity index (χ4v) is 3.94. The number of pyridine rings is 1. The molecular formula is C22H17BrFNO3. The van der Waals surface area contributed by atoms with Crippen molar-refractivity contribution in [3.05, 3.63) is 83.3 Å². The molecule has 0 amide bonds. The molecule has 2 heterocycles. The summed E-state index contributed by atoms with van der Waals surface area (Å²) in [4.78, 5) is 16.3. The highest BCUT2D eigenvalue weighted by Crippen LogP contribution is 2.49.